The van der Waals surface area contributed by atoms with Crippen molar-refractivity contribution in [1.82, 2.24) is 24.5 Å². The summed E-state index contributed by atoms with van der Waals surface area (Å²) in [5.41, 5.74) is -1.51. The minimum absolute atomic E-state index is 0.0558. The van der Waals surface area contributed by atoms with Crippen LogP contribution in [-0.4, -0.2) is 30.5 Å². The first-order valence-electron chi connectivity index (χ1n) is 7.40. The number of benzene rings is 1. The van der Waals surface area contributed by atoms with Gasteiger partial charge in [-0.25, -0.2) is 14.1 Å². The fraction of sp³-hybridized carbons (Fsp3) is 0.200. The maximum absolute atomic E-state index is 13.7. The van der Waals surface area contributed by atoms with Crippen molar-refractivity contribution in [1.29, 1.82) is 0 Å². The van der Waals surface area contributed by atoms with E-state index in [9.17, 15) is 22.4 Å². The molecule has 0 saturated heterocycles. The molecular weight excluding hydrogens is 392 g/mol. The summed E-state index contributed by atoms with van der Waals surface area (Å²) in [7, 11) is 1.15. The number of nitrogens with zero attached hydrogens (tertiary/aromatic N) is 5. The van der Waals surface area contributed by atoms with Crippen molar-refractivity contribution < 1.29 is 22.4 Å². The van der Waals surface area contributed by atoms with Crippen molar-refractivity contribution >= 4 is 23.5 Å². The molecule has 0 aliphatic rings. The molecule has 0 saturated carbocycles. The molecule has 7 nitrogen and oxygen atoms in total. The van der Waals surface area contributed by atoms with Crippen LogP contribution in [0.2, 0.25) is 5.02 Å². The summed E-state index contributed by atoms with van der Waals surface area (Å²) in [5, 5.41) is 8.58. The van der Waals surface area contributed by atoms with E-state index in [-0.39, 0.29) is 12.5 Å². The summed E-state index contributed by atoms with van der Waals surface area (Å²) in [6.07, 6.45) is -3.55. The van der Waals surface area contributed by atoms with Crippen LogP contribution in [0.25, 0.3) is 0 Å². The molecule has 0 radical (unpaired) electrons. The van der Waals surface area contributed by atoms with Gasteiger partial charge in [-0.05, 0) is 6.07 Å². The molecule has 1 amide bonds. The average Bonchev–Trinajstić information content (AvgIpc) is 3.13. The van der Waals surface area contributed by atoms with Crippen LogP contribution in [-0.2, 0) is 19.8 Å². The zero-order valence-electron chi connectivity index (χ0n) is 13.6. The molecule has 1 aromatic carbocycles. The van der Waals surface area contributed by atoms with Gasteiger partial charge in [-0.1, -0.05) is 29.8 Å². The molecule has 142 valence electrons. The second-order valence-electron chi connectivity index (χ2n) is 5.44. The minimum atomic E-state index is -4.80. The van der Waals surface area contributed by atoms with Crippen molar-refractivity contribution in [3.8, 4) is 0 Å². The first kappa shape index (κ1) is 18.8. The van der Waals surface area contributed by atoms with Crippen LogP contribution >= 0.6 is 11.6 Å². The maximum Gasteiger partial charge on any atom is 0.436 e. The number of carbonyl (C=O) groups excluding carboxylic acids is 1. The molecule has 0 unspecified atom stereocenters. The molecule has 2 heterocycles. The minimum Gasteiger partial charge on any atom is -0.288 e. The SMILES string of the molecule is Cn1nc(C(F)(F)F)c(Cl)c1C(=O)Nc1ncn(Cc2ccccc2F)n1. The second kappa shape index (κ2) is 6.99. The fourth-order valence-electron chi connectivity index (χ4n) is 2.32. The standard InChI is InChI=1S/C15H11ClF4N6O/c1-25-11(10(16)12(23-25)15(18,19)20)13(27)22-14-21-7-26(24-14)6-8-4-2-3-5-9(8)17/h2-5,7H,6H2,1H3,(H,22,24,27). The molecule has 0 spiro atoms. The lowest BCUT2D eigenvalue weighted by Gasteiger charge is -2.03. The van der Waals surface area contributed by atoms with Gasteiger partial charge in [-0.15, -0.1) is 5.10 Å². The summed E-state index contributed by atoms with van der Waals surface area (Å²) in [4.78, 5) is 16.1. The van der Waals surface area contributed by atoms with E-state index in [1.807, 2.05) is 0 Å². The van der Waals surface area contributed by atoms with Crippen LogP contribution in [0.3, 0.4) is 0 Å². The lowest BCUT2D eigenvalue weighted by Crippen LogP contribution is -2.17. The topological polar surface area (TPSA) is 77.6 Å². The van der Waals surface area contributed by atoms with Crippen LogP contribution in [0.15, 0.2) is 30.6 Å². The molecule has 0 aliphatic heterocycles. The van der Waals surface area contributed by atoms with E-state index in [1.165, 1.54) is 17.1 Å². The highest BCUT2D eigenvalue weighted by Gasteiger charge is 2.39. The highest BCUT2D eigenvalue weighted by Crippen LogP contribution is 2.35. The number of rotatable bonds is 4. The number of aryl methyl sites for hydroxylation is 1. The molecule has 12 heteroatoms. The lowest BCUT2D eigenvalue weighted by molar-refractivity contribution is -0.141. The van der Waals surface area contributed by atoms with E-state index < -0.39 is 34.3 Å². The Morgan fingerprint density at radius 3 is 2.59 bits per heavy atom. The van der Waals surface area contributed by atoms with E-state index in [1.54, 1.807) is 18.2 Å². The van der Waals surface area contributed by atoms with Gasteiger partial charge in [-0.3, -0.25) is 14.8 Å². The van der Waals surface area contributed by atoms with Gasteiger partial charge in [-0.2, -0.15) is 18.3 Å². The maximum atomic E-state index is 13.7. The Kier molecular flexibility index (Phi) is 4.87. The Morgan fingerprint density at radius 1 is 1.26 bits per heavy atom. The average molecular weight is 403 g/mol. The van der Waals surface area contributed by atoms with Crippen molar-refractivity contribution in [2.75, 3.05) is 5.32 Å². The smallest absolute Gasteiger partial charge is 0.288 e. The van der Waals surface area contributed by atoms with Gasteiger partial charge in [0.2, 0.25) is 5.95 Å². The van der Waals surface area contributed by atoms with Crippen molar-refractivity contribution in [3.05, 3.63) is 58.4 Å². The Balaban J connectivity index is 1.77. The molecular formula is C15H11ClF4N6O. The van der Waals surface area contributed by atoms with Gasteiger partial charge >= 0.3 is 6.18 Å². The van der Waals surface area contributed by atoms with Gasteiger partial charge in [0.05, 0.1) is 6.54 Å². The lowest BCUT2D eigenvalue weighted by atomic mass is 10.2. The summed E-state index contributed by atoms with van der Waals surface area (Å²) >= 11 is 5.65. The Bertz CT molecular complexity index is 997. The molecule has 27 heavy (non-hydrogen) atoms. The molecule has 2 aromatic heterocycles. The molecule has 3 rings (SSSR count). The zero-order chi connectivity index (χ0) is 19.8. The number of hydrogen-bond acceptors (Lipinski definition) is 4. The van der Waals surface area contributed by atoms with E-state index in [2.05, 4.69) is 20.5 Å². The third-order valence-corrected chi connectivity index (χ3v) is 3.88. The highest BCUT2D eigenvalue weighted by molar-refractivity contribution is 6.34. The zero-order valence-corrected chi connectivity index (χ0v) is 14.4. The Morgan fingerprint density at radius 2 is 1.96 bits per heavy atom. The first-order valence-corrected chi connectivity index (χ1v) is 7.78. The van der Waals surface area contributed by atoms with Crippen molar-refractivity contribution in [2.24, 2.45) is 7.05 Å². The molecule has 3 aromatic rings. The fourth-order valence-corrected chi connectivity index (χ4v) is 2.67. The third kappa shape index (κ3) is 3.92. The van der Waals surface area contributed by atoms with E-state index >= 15 is 0 Å². The molecule has 1 N–H and O–H groups in total. The van der Waals surface area contributed by atoms with Crippen LogP contribution < -0.4 is 5.32 Å². The number of nitrogens with one attached hydrogen (secondary N) is 1. The molecule has 0 atom stereocenters. The number of hydrogen-bond donors (Lipinski definition) is 1. The van der Waals surface area contributed by atoms with E-state index in [4.69, 9.17) is 11.6 Å². The largest absolute Gasteiger partial charge is 0.436 e. The van der Waals surface area contributed by atoms with Crippen LogP contribution in [0, 0.1) is 5.82 Å². The van der Waals surface area contributed by atoms with Gasteiger partial charge in [0, 0.05) is 12.6 Å². The van der Waals surface area contributed by atoms with E-state index in [0.29, 0.717) is 5.56 Å². The summed E-state index contributed by atoms with van der Waals surface area (Å²) < 4.78 is 54.1. The Labute approximate surface area is 154 Å². The number of alkyl halides is 3. The number of aromatic nitrogens is 5. The molecule has 0 fully saturated rings. The number of carbonyl (C=O) groups is 1. The summed E-state index contributed by atoms with van der Waals surface area (Å²) in [6, 6.07) is 6.04. The van der Waals surface area contributed by atoms with Gasteiger partial charge in [0.15, 0.2) is 5.69 Å². The van der Waals surface area contributed by atoms with Crippen LogP contribution in [0.5, 0.6) is 0 Å². The quantitative estimate of drug-likeness (QED) is 0.680. The number of halogens is 5. The predicted molar refractivity (Wildman–Crippen MR) is 86.7 cm³/mol. The summed E-state index contributed by atoms with van der Waals surface area (Å²) in [6.45, 7) is 0.0558. The first-order chi connectivity index (χ1) is 12.7. The van der Waals surface area contributed by atoms with Gasteiger partial charge in [0.25, 0.3) is 5.91 Å². The molecule has 0 aliphatic carbocycles. The number of amides is 1. The van der Waals surface area contributed by atoms with Crippen molar-refractivity contribution in [2.45, 2.75) is 12.7 Å². The number of anilines is 1. The van der Waals surface area contributed by atoms with Crippen LogP contribution in [0.4, 0.5) is 23.5 Å². The summed E-state index contributed by atoms with van der Waals surface area (Å²) in [5.74, 6) is -1.57. The predicted octanol–water partition coefficient (Wildman–Crippen LogP) is 3.12. The van der Waals surface area contributed by atoms with Gasteiger partial charge in [0.1, 0.15) is 22.9 Å². The second-order valence-corrected chi connectivity index (χ2v) is 5.82. The Hall–Kier alpha value is -2.95. The third-order valence-electron chi connectivity index (χ3n) is 3.52. The normalized spacial score (nSPS) is 11.6. The van der Waals surface area contributed by atoms with Crippen LogP contribution in [0.1, 0.15) is 21.7 Å². The monoisotopic (exact) mass is 402 g/mol. The highest BCUT2D eigenvalue weighted by atomic mass is 35.5. The molecule has 0 bridgehead atoms. The van der Waals surface area contributed by atoms with Crippen molar-refractivity contribution in [3.63, 3.8) is 0 Å². The van der Waals surface area contributed by atoms with E-state index in [0.717, 1.165) is 11.7 Å². The van der Waals surface area contributed by atoms with Gasteiger partial charge < -0.3 is 0 Å².